The van der Waals surface area contributed by atoms with Gasteiger partial charge in [0.25, 0.3) is 11.5 Å². The number of hydrogen-bond donors (Lipinski definition) is 1. The summed E-state index contributed by atoms with van der Waals surface area (Å²) in [5, 5.41) is 3.50. The number of anilines is 1. The third kappa shape index (κ3) is 3.61. The number of benzene rings is 2. The number of rotatable bonds is 4. The van der Waals surface area contributed by atoms with Gasteiger partial charge in [0.2, 0.25) is 6.79 Å². The van der Waals surface area contributed by atoms with Crippen LogP contribution in [0.2, 0.25) is 0 Å². The second-order valence-corrected chi connectivity index (χ2v) is 7.37. The average Bonchev–Trinajstić information content (AvgIpc) is 3.24. The molecule has 2 aromatic heterocycles. The molecule has 0 atom stereocenters. The van der Waals surface area contributed by atoms with Crippen molar-refractivity contribution in [1.29, 1.82) is 0 Å². The first-order valence-electron chi connectivity index (χ1n) is 9.83. The van der Waals surface area contributed by atoms with Gasteiger partial charge in [0, 0.05) is 23.3 Å². The summed E-state index contributed by atoms with van der Waals surface area (Å²) in [5.41, 5.74) is 2.79. The first kappa shape index (κ1) is 18.9. The molecule has 4 aromatic rings. The standard InChI is InChI=1S/C24H19N3O4/c1-15-4-6-16(7-5-15)13-27-22-17(3-2-10-25-22)11-19(24(27)29)23(28)26-18-8-9-20-21(12-18)31-14-30-20/h2-12H,13-14H2,1H3,(H,26,28). The molecule has 0 saturated heterocycles. The predicted octanol–water partition coefficient (Wildman–Crippen LogP) is 3.73. The number of carbonyl (C=O) groups is 1. The Morgan fingerprint density at radius 1 is 1.06 bits per heavy atom. The van der Waals surface area contributed by atoms with Crippen molar-refractivity contribution in [2.24, 2.45) is 0 Å². The molecule has 1 amide bonds. The largest absolute Gasteiger partial charge is 0.454 e. The van der Waals surface area contributed by atoms with Crippen LogP contribution in [0.25, 0.3) is 11.0 Å². The van der Waals surface area contributed by atoms with Crippen molar-refractivity contribution in [2.75, 3.05) is 12.1 Å². The Hall–Kier alpha value is -4.13. The lowest BCUT2D eigenvalue weighted by atomic mass is 10.1. The van der Waals surface area contributed by atoms with Gasteiger partial charge in [-0.2, -0.15) is 0 Å². The van der Waals surface area contributed by atoms with E-state index in [4.69, 9.17) is 9.47 Å². The second kappa shape index (κ2) is 7.60. The Kier molecular flexibility index (Phi) is 4.63. The van der Waals surface area contributed by atoms with Gasteiger partial charge in [-0.05, 0) is 42.8 Å². The van der Waals surface area contributed by atoms with E-state index in [0.29, 0.717) is 34.8 Å². The molecule has 0 bridgehead atoms. The lowest BCUT2D eigenvalue weighted by Gasteiger charge is -2.13. The fourth-order valence-electron chi connectivity index (χ4n) is 3.56. The van der Waals surface area contributed by atoms with Gasteiger partial charge in [-0.1, -0.05) is 29.8 Å². The zero-order valence-electron chi connectivity index (χ0n) is 16.8. The van der Waals surface area contributed by atoms with E-state index in [0.717, 1.165) is 11.1 Å². The molecule has 0 saturated carbocycles. The SMILES string of the molecule is Cc1ccc(Cn2c(=O)c(C(=O)Nc3ccc4c(c3)OCO4)cc3cccnc32)cc1. The molecule has 0 spiro atoms. The smallest absolute Gasteiger partial charge is 0.265 e. The average molecular weight is 413 g/mol. The number of hydrogen-bond acceptors (Lipinski definition) is 5. The highest BCUT2D eigenvalue weighted by Crippen LogP contribution is 2.34. The van der Waals surface area contributed by atoms with Gasteiger partial charge >= 0.3 is 0 Å². The van der Waals surface area contributed by atoms with E-state index < -0.39 is 11.5 Å². The summed E-state index contributed by atoms with van der Waals surface area (Å²) in [7, 11) is 0. The molecule has 1 aliphatic rings. The molecule has 3 heterocycles. The van der Waals surface area contributed by atoms with Crippen molar-refractivity contribution in [2.45, 2.75) is 13.5 Å². The maximum atomic E-state index is 13.3. The molecule has 5 rings (SSSR count). The van der Waals surface area contributed by atoms with Crippen molar-refractivity contribution in [3.8, 4) is 11.5 Å². The molecule has 1 aliphatic heterocycles. The number of aryl methyl sites for hydroxylation is 1. The van der Waals surface area contributed by atoms with Crippen molar-refractivity contribution < 1.29 is 14.3 Å². The van der Waals surface area contributed by atoms with E-state index in [1.807, 2.05) is 37.3 Å². The van der Waals surface area contributed by atoms with E-state index in [1.54, 1.807) is 36.5 Å². The number of fused-ring (bicyclic) bond motifs is 2. The maximum absolute atomic E-state index is 13.3. The Balaban J connectivity index is 1.54. The summed E-state index contributed by atoms with van der Waals surface area (Å²) in [5.74, 6) is 0.680. The third-order valence-electron chi connectivity index (χ3n) is 5.18. The van der Waals surface area contributed by atoms with Crippen LogP contribution in [-0.2, 0) is 6.54 Å². The van der Waals surface area contributed by atoms with Crippen LogP contribution >= 0.6 is 0 Å². The number of nitrogens with zero attached hydrogens (tertiary/aromatic N) is 2. The molecule has 2 aromatic carbocycles. The molecule has 31 heavy (non-hydrogen) atoms. The monoisotopic (exact) mass is 413 g/mol. The normalized spacial score (nSPS) is 12.2. The fourth-order valence-corrected chi connectivity index (χ4v) is 3.56. The van der Waals surface area contributed by atoms with E-state index in [2.05, 4.69) is 10.3 Å². The quantitative estimate of drug-likeness (QED) is 0.551. The molecule has 1 N–H and O–H groups in total. The fraction of sp³-hybridized carbons (Fsp3) is 0.125. The highest BCUT2D eigenvalue weighted by molar-refractivity contribution is 6.05. The lowest BCUT2D eigenvalue weighted by molar-refractivity contribution is 0.102. The molecule has 154 valence electrons. The summed E-state index contributed by atoms with van der Waals surface area (Å²) in [6.45, 7) is 2.47. The first-order valence-corrected chi connectivity index (χ1v) is 9.83. The van der Waals surface area contributed by atoms with Crippen LogP contribution in [0.3, 0.4) is 0 Å². The molecule has 7 heteroatoms. The van der Waals surface area contributed by atoms with Crippen molar-refractivity contribution in [1.82, 2.24) is 9.55 Å². The first-order chi connectivity index (χ1) is 15.1. The van der Waals surface area contributed by atoms with Gasteiger partial charge < -0.3 is 14.8 Å². The number of pyridine rings is 2. The number of ether oxygens (including phenoxy) is 2. The summed E-state index contributed by atoms with van der Waals surface area (Å²) in [6, 6.07) is 18.2. The Bertz CT molecular complexity index is 1360. The van der Waals surface area contributed by atoms with Crippen LogP contribution in [-0.4, -0.2) is 22.3 Å². The molecule has 0 aliphatic carbocycles. The van der Waals surface area contributed by atoms with Gasteiger partial charge in [-0.3, -0.25) is 14.2 Å². The zero-order valence-corrected chi connectivity index (χ0v) is 16.8. The highest BCUT2D eigenvalue weighted by Gasteiger charge is 2.19. The minimum absolute atomic E-state index is 0.0466. The van der Waals surface area contributed by atoms with E-state index >= 15 is 0 Å². The number of aromatic nitrogens is 2. The van der Waals surface area contributed by atoms with Crippen LogP contribution in [0.4, 0.5) is 5.69 Å². The highest BCUT2D eigenvalue weighted by atomic mass is 16.7. The van der Waals surface area contributed by atoms with Crippen LogP contribution in [0.15, 0.2) is 71.7 Å². The summed E-state index contributed by atoms with van der Waals surface area (Å²) >= 11 is 0. The minimum atomic E-state index is -0.493. The molecular weight excluding hydrogens is 394 g/mol. The topological polar surface area (TPSA) is 82.5 Å². The van der Waals surface area contributed by atoms with Crippen molar-refractivity contribution >= 4 is 22.6 Å². The number of nitrogens with one attached hydrogen (secondary N) is 1. The van der Waals surface area contributed by atoms with Crippen LogP contribution in [0, 0.1) is 6.92 Å². The summed E-state index contributed by atoms with van der Waals surface area (Å²) < 4.78 is 12.2. The molecule has 0 unspecified atom stereocenters. The molecular formula is C24H19N3O4. The van der Waals surface area contributed by atoms with Gasteiger partial charge in [-0.25, -0.2) is 4.98 Å². The van der Waals surface area contributed by atoms with Crippen molar-refractivity contribution in [3.63, 3.8) is 0 Å². The van der Waals surface area contributed by atoms with E-state index in [1.165, 1.54) is 4.57 Å². The Morgan fingerprint density at radius 3 is 2.71 bits per heavy atom. The molecule has 0 radical (unpaired) electrons. The van der Waals surface area contributed by atoms with Gasteiger partial charge in [0.05, 0.1) is 6.54 Å². The van der Waals surface area contributed by atoms with Crippen LogP contribution in [0.5, 0.6) is 11.5 Å². The van der Waals surface area contributed by atoms with E-state index in [-0.39, 0.29) is 12.4 Å². The predicted molar refractivity (Wildman–Crippen MR) is 117 cm³/mol. The Labute approximate surface area is 177 Å². The molecule has 7 nitrogen and oxygen atoms in total. The van der Waals surface area contributed by atoms with Crippen LogP contribution in [0.1, 0.15) is 21.5 Å². The maximum Gasteiger partial charge on any atom is 0.265 e. The zero-order chi connectivity index (χ0) is 21.4. The van der Waals surface area contributed by atoms with Gasteiger partial charge in [0.1, 0.15) is 11.2 Å². The molecule has 0 fully saturated rings. The van der Waals surface area contributed by atoms with E-state index in [9.17, 15) is 9.59 Å². The van der Waals surface area contributed by atoms with Gasteiger partial charge in [-0.15, -0.1) is 0 Å². The van der Waals surface area contributed by atoms with Crippen LogP contribution < -0.4 is 20.3 Å². The minimum Gasteiger partial charge on any atom is -0.454 e. The summed E-state index contributed by atoms with van der Waals surface area (Å²) in [4.78, 5) is 30.7. The van der Waals surface area contributed by atoms with Gasteiger partial charge in [0.15, 0.2) is 11.5 Å². The summed E-state index contributed by atoms with van der Waals surface area (Å²) in [6.07, 6.45) is 1.64. The Morgan fingerprint density at radius 2 is 1.87 bits per heavy atom. The van der Waals surface area contributed by atoms with Crippen molar-refractivity contribution in [3.05, 3.63) is 93.9 Å². The number of carbonyl (C=O) groups excluding carboxylic acids is 1. The third-order valence-corrected chi connectivity index (χ3v) is 5.18. The lowest BCUT2D eigenvalue weighted by Crippen LogP contribution is -2.30. The second-order valence-electron chi connectivity index (χ2n) is 7.37. The number of amides is 1.